The van der Waals surface area contributed by atoms with Crippen LogP contribution in [0, 0.1) is 0 Å². The van der Waals surface area contributed by atoms with Gasteiger partial charge in [0, 0.05) is 30.1 Å². The number of rotatable bonds is 7. The third kappa shape index (κ3) is 10.7. The molecule has 0 spiro atoms. The van der Waals surface area contributed by atoms with E-state index >= 15 is 0 Å². The first-order valence-corrected chi connectivity index (χ1v) is 14.6. The number of piperidine rings is 1. The van der Waals surface area contributed by atoms with Crippen LogP contribution in [-0.4, -0.2) is 45.8 Å². The lowest BCUT2D eigenvalue weighted by Crippen LogP contribution is -2.55. The van der Waals surface area contributed by atoms with Gasteiger partial charge >= 0.3 is 6.03 Å². The number of amides is 2. The molecular formula is C27H44ClN3OS2. The normalized spacial score (nSPS) is 18.6. The third-order valence-electron chi connectivity index (χ3n) is 5.84. The van der Waals surface area contributed by atoms with E-state index in [9.17, 15) is 4.79 Å². The Bertz CT molecular complexity index is 705. The lowest BCUT2D eigenvalue weighted by atomic mass is 9.91. The molecule has 1 saturated heterocycles. The summed E-state index contributed by atoms with van der Waals surface area (Å²) in [5.41, 5.74) is 0. The number of thioether (sulfide) groups is 1. The lowest BCUT2D eigenvalue weighted by Gasteiger charge is -2.43. The summed E-state index contributed by atoms with van der Waals surface area (Å²) < 4.78 is 3.16. The highest BCUT2D eigenvalue weighted by molar-refractivity contribution is 8.05. The Hall–Kier alpha value is -1.08. The second kappa shape index (κ2) is 18.2. The molecule has 1 atom stereocenters. The Morgan fingerprint density at radius 1 is 1.09 bits per heavy atom. The number of urea groups is 1. The molecule has 2 fully saturated rings. The molecule has 1 aliphatic heterocycles. The van der Waals surface area contributed by atoms with Crippen molar-refractivity contribution >= 4 is 41.3 Å². The van der Waals surface area contributed by atoms with Crippen LogP contribution in [0.2, 0.25) is 0 Å². The van der Waals surface area contributed by atoms with Crippen LogP contribution in [0.3, 0.4) is 0 Å². The first kappa shape index (κ1) is 31.0. The SMILES string of the molecule is C/C=C(/Cl)SC(C)NC(=O)N(C1CCCCC1)C1CCN(Sc2ccccc2)CC1.C=C.CC. The van der Waals surface area contributed by atoms with Gasteiger partial charge in [0.05, 0.1) is 9.74 Å². The van der Waals surface area contributed by atoms with Crippen molar-refractivity contribution in [2.24, 2.45) is 0 Å². The van der Waals surface area contributed by atoms with E-state index < -0.39 is 0 Å². The Balaban J connectivity index is 0.00000137. The maximum atomic E-state index is 13.3. The van der Waals surface area contributed by atoms with Crippen LogP contribution in [0.25, 0.3) is 0 Å². The van der Waals surface area contributed by atoms with Gasteiger partial charge in [0.1, 0.15) is 0 Å². The number of hydrogen-bond acceptors (Lipinski definition) is 4. The van der Waals surface area contributed by atoms with Gasteiger partial charge in [-0.25, -0.2) is 9.10 Å². The lowest BCUT2D eigenvalue weighted by molar-refractivity contribution is 0.0986. The summed E-state index contributed by atoms with van der Waals surface area (Å²) >= 11 is 9.48. The molecule has 192 valence electrons. The Morgan fingerprint density at radius 2 is 1.65 bits per heavy atom. The van der Waals surface area contributed by atoms with Crippen molar-refractivity contribution in [1.29, 1.82) is 0 Å². The molecule has 1 aromatic carbocycles. The zero-order valence-corrected chi connectivity index (χ0v) is 23.9. The fourth-order valence-electron chi connectivity index (χ4n) is 4.35. The van der Waals surface area contributed by atoms with Crippen molar-refractivity contribution in [3.05, 3.63) is 53.9 Å². The molecule has 1 saturated carbocycles. The molecule has 2 aliphatic rings. The number of carbonyl (C=O) groups excluding carboxylic acids is 1. The molecule has 0 bridgehead atoms. The van der Waals surface area contributed by atoms with Gasteiger partial charge in [0.25, 0.3) is 0 Å². The fourth-order valence-corrected chi connectivity index (χ4v) is 6.35. The molecule has 4 nitrogen and oxygen atoms in total. The van der Waals surface area contributed by atoms with Gasteiger partial charge in [-0.2, -0.15) is 0 Å². The summed E-state index contributed by atoms with van der Waals surface area (Å²) in [5, 5.41) is 3.16. The highest BCUT2D eigenvalue weighted by Gasteiger charge is 2.34. The van der Waals surface area contributed by atoms with Crippen LogP contribution in [0.15, 0.2) is 58.8 Å². The highest BCUT2D eigenvalue weighted by Crippen LogP contribution is 2.32. The average molecular weight is 526 g/mol. The smallest absolute Gasteiger partial charge is 0.318 e. The molecule has 1 aromatic rings. The molecule has 1 heterocycles. The van der Waals surface area contributed by atoms with Crippen LogP contribution in [0.4, 0.5) is 4.79 Å². The van der Waals surface area contributed by atoms with Crippen molar-refractivity contribution in [2.75, 3.05) is 13.1 Å². The third-order valence-corrected chi connectivity index (χ3v) is 8.36. The quantitative estimate of drug-likeness (QED) is 0.220. The number of nitrogens with one attached hydrogen (secondary N) is 1. The van der Waals surface area contributed by atoms with Crippen molar-refractivity contribution < 1.29 is 4.79 Å². The molecule has 7 heteroatoms. The monoisotopic (exact) mass is 525 g/mol. The minimum Gasteiger partial charge on any atom is -0.326 e. The maximum absolute atomic E-state index is 13.3. The number of halogens is 1. The Labute approximate surface area is 222 Å². The van der Waals surface area contributed by atoms with Gasteiger partial charge in [-0.15, -0.1) is 13.2 Å². The molecule has 1 N–H and O–H groups in total. The topological polar surface area (TPSA) is 35.6 Å². The van der Waals surface area contributed by atoms with Gasteiger partial charge < -0.3 is 10.2 Å². The summed E-state index contributed by atoms with van der Waals surface area (Å²) in [7, 11) is 0. The Morgan fingerprint density at radius 3 is 2.21 bits per heavy atom. The van der Waals surface area contributed by atoms with Gasteiger partial charge in [0.15, 0.2) is 0 Å². The summed E-state index contributed by atoms with van der Waals surface area (Å²) in [6, 6.07) is 11.3. The first-order valence-electron chi connectivity index (χ1n) is 12.6. The molecule has 3 rings (SSSR count). The number of hydrogen-bond donors (Lipinski definition) is 1. The van der Waals surface area contributed by atoms with Gasteiger partial charge in [0.2, 0.25) is 0 Å². The van der Waals surface area contributed by atoms with E-state index in [1.807, 2.05) is 45.7 Å². The molecule has 2 amide bonds. The molecule has 1 aliphatic carbocycles. The summed E-state index contributed by atoms with van der Waals surface area (Å²) in [4.78, 5) is 16.8. The zero-order chi connectivity index (χ0) is 25.3. The largest absolute Gasteiger partial charge is 0.326 e. The van der Waals surface area contributed by atoms with Gasteiger partial charge in [-0.3, -0.25) is 0 Å². The molecule has 0 radical (unpaired) electrons. The number of benzene rings is 1. The summed E-state index contributed by atoms with van der Waals surface area (Å²) in [6.07, 6.45) is 9.93. The van der Waals surface area contributed by atoms with Crippen molar-refractivity contribution in [1.82, 2.24) is 14.5 Å². The van der Waals surface area contributed by atoms with Crippen LogP contribution >= 0.6 is 35.3 Å². The van der Waals surface area contributed by atoms with Crippen LogP contribution in [0.1, 0.15) is 72.6 Å². The van der Waals surface area contributed by atoms with Crippen molar-refractivity contribution in [3.8, 4) is 0 Å². The second-order valence-electron chi connectivity index (χ2n) is 8.07. The van der Waals surface area contributed by atoms with Crippen LogP contribution < -0.4 is 5.32 Å². The van der Waals surface area contributed by atoms with E-state index in [1.165, 1.54) is 35.9 Å². The maximum Gasteiger partial charge on any atom is 0.318 e. The second-order valence-corrected chi connectivity index (χ2v) is 11.3. The van der Waals surface area contributed by atoms with E-state index in [1.54, 1.807) is 0 Å². The molecule has 34 heavy (non-hydrogen) atoms. The standard InChI is InChI=1S/C23H34ClN3OS2.C2H6.C2H4/c1-3-22(24)29-18(2)25-23(28)27(19-10-6-4-7-11-19)20-14-16-26(17-15-20)30-21-12-8-5-9-13-21;2*1-2/h3,5,8-9,12-13,18-20H,4,6-7,10-11,14-17H2,1-2H3,(H,25,28);1-2H3;1-2H2/b22-3-;;. The fraction of sp³-hybridized carbons (Fsp3) is 0.593. The summed E-state index contributed by atoms with van der Waals surface area (Å²) in [5.74, 6) is 0. The van der Waals surface area contributed by atoms with E-state index in [-0.39, 0.29) is 11.4 Å². The predicted octanol–water partition coefficient (Wildman–Crippen LogP) is 8.51. The van der Waals surface area contributed by atoms with Gasteiger partial charge in [-0.1, -0.05) is 80.7 Å². The van der Waals surface area contributed by atoms with Gasteiger partial charge in [-0.05, 0) is 63.6 Å². The Kier molecular flexibility index (Phi) is 16.6. The predicted molar refractivity (Wildman–Crippen MR) is 153 cm³/mol. The zero-order valence-electron chi connectivity index (χ0n) is 21.5. The molecule has 1 unspecified atom stereocenters. The first-order chi connectivity index (χ1) is 16.6. The van der Waals surface area contributed by atoms with Crippen molar-refractivity contribution in [3.63, 3.8) is 0 Å². The van der Waals surface area contributed by atoms with E-state index in [0.717, 1.165) is 43.1 Å². The number of allylic oxidation sites excluding steroid dienone is 1. The number of carbonyl (C=O) groups is 1. The molecule has 0 aromatic heterocycles. The molecular weight excluding hydrogens is 482 g/mol. The van der Waals surface area contributed by atoms with E-state index in [0.29, 0.717) is 12.1 Å². The van der Waals surface area contributed by atoms with Crippen molar-refractivity contribution in [2.45, 2.75) is 95.0 Å². The van der Waals surface area contributed by atoms with Crippen LogP contribution in [0.5, 0.6) is 0 Å². The van der Waals surface area contributed by atoms with E-state index in [4.69, 9.17) is 11.6 Å². The van der Waals surface area contributed by atoms with Crippen LogP contribution in [-0.2, 0) is 0 Å². The summed E-state index contributed by atoms with van der Waals surface area (Å²) in [6.45, 7) is 15.9. The minimum atomic E-state index is -0.0407. The van der Waals surface area contributed by atoms with E-state index in [2.05, 4.69) is 58.0 Å². The average Bonchev–Trinajstić information content (AvgIpc) is 2.88. The minimum absolute atomic E-state index is 0.0407. The number of nitrogens with zero attached hydrogens (tertiary/aromatic N) is 2. The highest BCUT2D eigenvalue weighted by atomic mass is 35.5.